The number of hydrogen-bond donors (Lipinski definition) is 1. The molecule has 48 valence electrons. The van der Waals surface area contributed by atoms with Gasteiger partial charge in [0.2, 0.25) is 0 Å². The number of ether oxygens (including phenoxy) is 1. The van der Waals surface area contributed by atoms with E-state index in [2.05, 4.69) is 19.2 Å². The van der Waals surface area contributed by atoms with Gasteiger partial charge in [-0.25, -0.2) is 0 Å². The number of hydrogen-bond acceptors (Lipinski definition) is 2. The highest BCUT2D eigenvalue weighted by molar-refractivity contribution is 4.98. The highest BCUT2D eigenvalue weighted by Gasteiger charge is 2.37. The summed E-state index contributed by atoms with van der Waals surface area (Å²) >= 11 is 0. The monoisotopic (exact) mass is 115 g/mol. The fourth-order valence-electron chi connectivity index (χ4n) is 0.972. The average molecular weight is 115 g/mol. The van der Waals surface area contributed by atoms with Crippen molar-refractivity contribution in [2.24, 2.45) is 0 Å². The molecule has 1 unspecified atom stereocenters. The molecule has 0 aromatic heterocycles. The molecule has 0 radical (unpaired) electrons. The van der Waals surface area contributed by atoms with Gasteiger partial charge in [-0.1, -0.05) is 0 Å². The second kappa shape index (κ2) is 1.71. The SMILES string of the molecule is COC1CNC1(C)C. The number of rotatable bonds is 1. The van der Waals surface area contributed by atoms with Crippen LogP contribution in [0.1, 0.15) is 13.8 Å². The molecule has 0 bridgehead atoms. The Hall–Kier alpha value is -0.0800. The standard InChI is InChI=1S/C6H13NO/c1-6(2)5(8-3)4-7-6/h5,7H,4H2,1-3H3. The van der Waals surface area contributed by atoms with Gasteiger partial charge in [0.15, 0.2) is 0 Å². The van der Waals surface area contributed by atoms with Gasteiger partial charge in [0.25, 0.3) is 0 Å². The first-order valence-corrected chi connectivity index (χ1v) is 2.94. The lowest BCUT2D eigenvalue weighted by Gasteiger charge is -2.44. The van der Waals surface area contributed by atoms with Gasteiger partial charge in [0.1, 0.15) is 0 Å². The Morgan fingerprint density at radius 1 is 1.62 bits per heavy atom. The first-order chi connectivity index (χ1) is 3.67. The smallest absolute Gasteiger partial charge is 0.0871 e. The first-order valence-electron chi connectivity index (χ1n) is 2.94. The third kappa shape index (κ3) is 0.740. The molecule has 1 N–H and O–H groups in total. The van der Waals surface area contributed by atoms with Crippen molar-refractivity contribution in [1.29, 1.82) is 0 Å². The van der Waals surface area contributed by atoms with Crippen LogP contribution >= 0.6 is 0 Å². The zero-order valence-corrected chi connectivity index (χ0v) is 5.69. The van der Waals surface area contributed by atoms with E-state index in [-0.39, 0.29) is 5.54 Å². The van der Waals surface area contributed by atoms with Crippen LogP contribution < -0.4 is 5.32 Å². The summed E-state index contributed by atoms with van der Waals surface area (Å²) in [5.74, 6) is 0. The van der Waals surface area contributed by atoms with Crippen molar-refractivity contribution in [3.05, 3.63) is 0 Å². The Morgan fingerprint density at radius 3 is 2.25 bits per heavy atom. The van der Waals surface area contributed by atoms with E-state index in [4.69, 9.17) is 4.74 Å². The van der Waals surface area contributed by atoms with Crippen LogP contribution in [0.15, 0.2) is 0 Å². The zero-order valence-electron chi connectivity index (χ0n) is 5.69. The fraction of sp³-hybridized carbons (Fsp3) is 1.00. The molecule has 1 rings (SSSR count). The van der Waals surface area contributed by atoms with Crippen LogP contribution in [0.25, 0.3) is 0 Å². The van der Waals surface area contributed by atoms with Crippen LogP contribution in [0.3, 0.4) is 0 Å². The molecule has 2 nitrogen and oxygen atoms in total. The molecule has 1 atom stereocenters. The van der Waals surface area contributed by atoms with Crippen molar-refractivity contribution in [3.8, 4) is 0 Å². The zero-order chi connectivity index (χ0) is 6.20. The van der Waals surface area contributed by atoms with E-state index in [1.54, 1.807) is 7.11 Å². The molecule has 1 saturated heterocycles. The summed E-state index contributed by atoms with van der Waals surface area (Å²) in [5, 5.41) is 3.26. The van der Waals surface area contributed by atoms with E-state index in [1.807, 2.05) is 0 Å². The van der Waals surface area contributed by atoms with Crippen LogP contribution in [0, 0.1) is 0 Å². The summed E-state index contributed by atoms with van der Waals surface area (Å²) in [4.78, 5) is 0. The topological polar surface area (TPSA) is 21.3 Å². The van der Waals surface area contributed by atoms with Crippen molar-refractivity contribution in [3.63, 3.8) is 0 Å². The summed E-state index contributed by atoms with van der Waals surface area (Å²) in [7, 11) is 1.76. The minimum absolute atomic E-state index is 0.217. The summed E-state index contributed by atoms with van der Waals surface area (Å²) < 4.78 is 5.14. The van der Waals surface area contributed by atoms with Crippen molar-refractivity contribution in [1.82, 2.24) is 5.32 Å². The maximum absolute atomic E-state index is 5.14. The lowest BCUT2D eigenvalue weighted by molar-refractivity contribution is -0.0270. The number of methoxy groups -OCH3 is 1. The lowest BCUT2D eigenvalue weighted by Crippen LogP contribution is -2.65. The largest absolute Gasteiger partial charge is 0.378 e. The third-order valence-electron chi connectivity index (χ3n) is 1.83. The van der Waals surface area contributed by atoms with Gasteiger partial charge >= 0.3 is 0 Å². The molecular weight excluding hydrogens is 102 g/mol. The van der Waals surface area contributed by atoms with Crippen molar-refractivity contribution in [2.75, 3.05) is 13.7 Å². The van der Waals surface area contributed by atoms with Crippen LogP contribution in [-0.4, -0.2) is 25.3 Å². The Balaban J connectivity index is 2.37. The van der Waals surface area contributed by atoms with Gasteiger partial charge in [-0.15, -0.1) is 0 Å². The molecule has 1 heterocycles. The summed E-state index contributed by atoms with van der Waals surface area (Å²) in [6, 6.07) is 0. The van der Waals surface area contributed by atoms with Crippen molar-refractivity contribution >= 4 is 0 Å². The number of nitrogens with one attached hydrogen (secondary N) is 1. The van der Waals surface area contributed by atoms with Gasteiger partial charge in [0.05, 0.1) is 6.10 Å². The minimum Gasteiger partial charge on any atom is -0.378 e. The highest BCUT2D eigenvalue weighted by atomic mass is 16.5. The Morgan fingerprint density at radius 2 is 2.25 bits per heavy atom. The molecule has 0 aromatic rings. The van der Waals surface area contributed by atoms with Crippen molar-refractivity contribution in [2.45, 2.75) is 25.5 Å². The van der Waals surface area contributed by atoms with Gasteiger partial charge in [-0.05, 0) is 13.8 Å². The molecule has 2 heteroatoms. The van der Waals surface area contributed by atoms with Crippen LogP contribution in [0.2, 0.25) is 0 Å². The molecule has 0 saturated carbocycles. The highest BCUT2D eigenvalue weighted by Crippen LogP contribution is 2.19. The summed E-state index contributed by atoms with van der Waals surface area (Å²) in [6.07, 6.45) is 0.419. The maximum Gasteiger partial charge on any atom is 0.0871 e. The molecule has 1 aliphatic heterocycles. The molecule has 0 amide bonds. The summed E-state index contributed by atoms with van der Waals surface area (Å²) in [6.45, 7) is 5.29. The van der Waals surface area contributed by atoms with E-state index in [0.717, 1.165) is 6.54 Å². The Labute approximate surface area is 50.2 Å². The van der Waals surface area contributed by atoms with E-state index >= 15 is 0 Å². The van der Waals surface area contributed by atoms with Gasteiger partial charge in [0, 0.05) is 19.2 Å². The molecule has 8 heavy (non-hydrogen) atoms. The van der Waals surface area contributed by atoms with E-state index in [0.29, 0.717) is 6.10 Å². The molecule has 0 aliphatic carbocycles. The Kier molecular flexibility index (Phi) is 1.29. The molecule has 1 aliphatic rings. The molecule has 0 aromatic carbocycles. The van der Waals surface area contributed by atoms with E-state index in [9.17, 15) is 0 Å². The van der Waals surface area contributed by atoms with E-state index < -0.39 is 0 Å². The first kappa shape index (κ1) is 6.05. The molecule has 1 fully saturated rings. The second-order valence-corrected chi connectivity index (χ2v) is 2.83. The Bertz CT molecular complexity index is 88.5. The van der Waals surface area contributed by atoms with Crippen molar-refractivity contribution < 1.29 is 4.74 Å². The predicted molar refractivity (Wildman–Crippen MR) is 32.9 cm³/mol. The normalized spacial score (nSPS) is 34.1. The van der Waals surface area contributed by atoms with Gasteiger partial charge in [-0.3, -0.25) is 0 Å². The third-order valence-corrected chi connectivity index (χ3v) is 1.83. The minimum atomic E-state index is 0.217. The second-order valence-electron chi connectivity index (χ2n) is 2.83. The predicted octanol–water partition coefficient (Wildman–Crippen LogP) is 0.383. The molecular formula is C6H13NO. The van der Waals surface area contributed by atoms with Crippen LogP contribution in [0.4, 0.5) is 0 Å². The molecule has 0 spiro atoms. The van der Waals surface area contributed by atoms with Gasteiger partial charge in [-0.2, -0.15) is 0 Å². The lowest BCUT2D eigenvalue weighted by atomic mass is 9.89. The van der Waals surface area contributed by atoms with E-state index in [1.165, 1.54) is 0 Å². The van der Waals surface area contributed by atoms with Gasteiger partial charge < -0.3 is 10.1 Å². The van der Waals surface area contributed by atoms with Crippen LogP contribution in [-0.2, 0) is 4.74 Å². The average Bonchev–Trinajstić information content (AvgIpc) is 1.66. The quantitative estimate of drug-likeness (QED) is 0.533. The fourth-order valence-corrected chi connectivity index (χ4v) is 0.972. The van der Waals surface area contributed by atoms with Crippen LogP contribution in [0.5, 0.6) is 0 Å². The maximum atomic E-state index is 5.14. The summed E-state index contributed by atoms with van der Waals surface area (Å²) in [5.41, 5.74) is 0.217.